The number of para-hydroxylation sites is 2. The highest BCUT2D eigenvalue weighted by Gasteiger charge is 2.47. The number of Topliss-reactive ketones (excluding diaryl/α,β-unsaturated/α-hetero) is 1. The lowest BCUT2D eigenvalue weighted by Crippen LogP contribution is -2.29. The molecule has 2 aliphatic rings. The van der Waals surface area contributed by atoms with Crippen LogP contribution in [0.3, 0.4) is 0 Å². The standard InChI is InChI=1S/C29H27NO4/c1-18-8-7-11-21(16-18)26-25(27(31)22-15-14-19-9-3-4-10-20(19)17-22)28(32)29(33)30(26)23-12-5-6-13-24(23)34-2/h5-8,11-17,26,31H,3-4,9-10H2,1-2H3/b27-25-. The van der Waals surface area contributed by atoms with E-state index in [0.717, 1.165) is 36.8 Å². The van der Waals surface area contributed by atoms with Crippen LogP contribution < -0.4 is 9.64 Å². The molecule has 34 heavy (non-hydrogen) atoms. The van der Waals surface area contributed by atoms with Crippen LogP contribution in [0.5, 0.6) is 5.75 Å². The highest BCUT2D eigenvalue weighted by Crippen LogP contribution is 2.45. The maximum absolute atomic E-state index is 13.4. The van der Waals surface area contributed by atoms with Crippen LogP contribution >= 0.6 is 0 Å². The third-order valence-corrected chi connectivity index (χ3v) is 6.77. The Hall–Kier alpha value is -3.86. The first-order valence-corrected chi connectivity index (χ1v) is 11.6. The van der Waals surface area contributed by atoms with Gasteiger partial charge in [0.2, 0.25) is 0 Å². The van der Waals surface area contributed by atoms with Gasteiger partial charge in [0.1, 0.15) is 11.5 Å². The molecule has 1 saturated heterocycles. The smallest absolute Gasteiger partial charge is 0.300 e. The summed E-state index contributed by atoms with van der Waals surface area (Å²) in [5.74, 6) is -1.05. The predicted octanol–water partition coefficient (Wildman–Crippen LogP) is 5.51. The van der Waals surface area contributed by atoms with Gasteiger partial charge in [0.05, 0.1) is 24.4 Å². The van der Waals surface area contributed by atoms with Gasteiger partial charge in [0, 0.05) is 5.56 Å². The van der Waals surface area contributed by atoms with Crippen molar-refractivity contribution in [3.63, 3.8) is 0 Å². The van der Waals surface area contributed by atoms with Crippen LogP contribution in [-0.4, -0.2) is 23.9 Å². The highest BCUT2D eigenvalue weighted by atomic mass is 16.5. The van der Waals surface area contributed by atoms with E-state index in [1.807, 2.05) is 55.5 Å². The summed E-state index contributed by atoms with van der Waals surface area (Å²) >= 11 is 0. The fourth-order valence-corrected chi connectivity index (χ4v) is 5.10. The second kappa shape index (κ2) is 8.82. The van der Waals surface area contributed by atoms with E-state index < -0.39 is 17.7 Å². The van der Waals surface area contributed by atoms with E-state index >= 15 is 0 Å². The summed E-state index contributed by atoms with van der Waals surface area (Å²) in [6, 6.07) is 19.9. The molecule has 1 amide bonds. The van der Waals surface area contributed by atoms with E-state index in [4.69, 9.17) is 4.74 Å². The Morgan fingerprint density at radius 2 is 1.71 bits per heavy atom. The third kappa shape index (κ3) is 3.67. The molecule has 0 saturated carbocycles. The molecule has 1 unspecified atom stereocenters. The second-order valence-electron chi connectivity index (χ2n) is 8.95. The van der Waals surface area contributed by atoms with E-state index in [0.29, 0.717) is 17.0 Å². The van der Waals surface area contributed by atoms with Gasteiger partial charge in [-0.1, -0.05) is 54.1 Å². The van der Waals surface area contributed by atoms with E-state index in [9.17, 15) is 14.7 Å². The van der Waals surface area contributed by atoms with Gasteiger partial charge in [0.15, 0.2) is 0 Å². The lowest BCUT2D eigenvalue weighted by atomic mass is 9.88. The number of aliphatic hydroxyl groups is 1. The minimum absolute atomic E-state index is 0.0947. The van der Waals surface area contributed by atoms with E-state index in [2.05, 4.69) is 0 Å². The van der Waals surface area contributed by atoms with E-state index in [1.54, 1.807) is 18.2 Å². The molecule has 1 aliphatic carbocycles. The van der Waals surface area contributed by atoms with Crippen molar-refractivity contribution in [3.05, 3.63) is 100 Å². The van der Waals surface area contributed by atoms with Crippen LogP contribution in [0.15, 0.2) is 72.3 Å². The fourth-order valence-electron chi connectivity index (χ4n) is 5.10. The molecule has 1 atom stereocenters. The van der Waals surface area contributed by atoms with Crippen molar-refractivity contribution in [3.8, 4) is 5.75 Å². The number of aryl methyl sites for hydroxylation is 3. The van der Waals surface area contributed by atoms with Crippen LogP contribution in [0.25, 0.3) is 5.76 Å². The first kappa shape index (κ1) is 22.0. The molecule has 1 N–H and O–H groups in total. The third-order valence-electron chi connectivity index (χ3n) is 6.77. The molecular formula is C29H27NO4. The largest absolute Gasteiger partial charge is 0.507 e. The zero-order valence-electron chi connectivity index (χ0n) is 19.4. The van der Waals surface area contributed by atoms with Gasteiger partial charge < -0.3 is 9.84 Å². The molecule has 1 aliphatic heterocycles. The summed E-state index contributed by atoms with van der Waals surface area (Å²) in [4.78, 5) is 28.3. The number of amides is 1. The normalized spacial score (nSPS) is 19.2. The van der Waals surface area contributed by atoms with Crippen molar-refractivity contribution in [2.45, 2.75) is 38.6 Å². The number of methoxy groups -OCH3 is 1. The molecule has 0 bridgehead atoms. The number of aliphatic hydroxyl groups excluding tert-OH is 1. The molecular weight excluding hydrogens is 426 g/mol. The SMILES string of the molecule is COc1ccccc1N1C(=O)C(=O)/C(=C(\O)c2ccc3c(c2)CCCC3)C1c1cccc(C)c1. The van der Waals surface area contributed by atoms with Gasteiger partial charge in [-0.3, -0.25) is 14.5 Å². The van der Waals surface area contributed by atoms with E-state index in [1.165, 1.54) is 23.1 Å². The molecule has 5 heteroatoms. The fraction of sp³-hybridized carbons (Fsp3) is 0.241. The second-order valence-corrected chi connectivity index (χ2v) is 8.95. The Kier molecular flexibility index (Phi) is 5.70. The Morgan fingerprint density at radius 1 is 0.941 bits per heavy atom. The number of benzene rings is 3. The summed E-state index contributed by atoms with van der Waals surface area (Å²) in [6.45, 7) is 1.96. The van der Waals surface area contributed by atoms with Gasteiger partial charge in [-0.05, 0) is 67.5 Å². The minimum atomic E-state index is -0.771. The molecule has 3 aromatic rings. The average Bonchev–Trinajstić information content (AvgIpc) is 3.13. The Morgan fingerprint density at radius 3 is 2.47 bits per heavy atom. The molecule has 0 spiro atoms. The number of rotatable bonds is 4. The van der Waals surface area contributed by atoms with Crippen molar-refractivity contribution in [1.29, 1.82) is 0 Å². The van der Waals surface area contributed by atoms with E-state index in [-0.39, 0.29) is 11.3 Å². The molecule has 1 heterocycles. The molecule has 5 nitrogen and oxygen atoms in total. The van der Waals surface area contributed by atoms with Crippen molar-refractivity contribution in [2.24, 2.45) is 0 Å². The highest BCUT2D eigenvalue weighted by molar-refractivity contribution is 6.51. The number of hydrogen-bond donors (Lipinski definition) is 1. The topological polar surface area (TPSA) is 66.8 Å². The van der Waals surface area contributed by atoms with Crippen LogP contribution in [-0.2, 0) is 22.4 Å². The summed E-state index contributed by atoms with van der Waals surface area (Å²) < 4.78 is 5.51. The Bertz CT molecular complexity index is 1320. The maximum Gasteiger partial charge on any atom is 0.300 e. The van der Waals surface area contributed by atoms with Gasteiger partial charge >= 0.3 is 0 Å². The first-order valence-electron chi connectivity index (χ1n) is 11.6. The first-order chi connectivity index (χ1) is 16.5. The maximum atomic E-state index is 13.4. The van der Waals surface area contributed by atoms with Crippen molar-refractivity contribution >= 4 is 23.1 Å². The van der Waals surface area contributed by atoms with Crippen molar-refractivity contribution in [1.82, 2.24) is 0 Å². The van der Waals surface area contributed by atoms with Crippen molar-refractivity contribution < 1.29 is 19.4 Å². The molecule has 1 fully saturated rings. The van der Waals surface area contributed by atoms with Gasteiger partial charge in [-0.2, -0.15) is 0 Å². The molecule has 0 aromatic heterocycles. The number of hydrogen-bond acceptors (Lipinski definition) is 4. The average molecular weight is 454 g/mol. The summed E-state index contributed by atoms with van der Waals surface area (Å²) in [5.41, 5.74) is 5.38. The zero-order chi connectivity index (χ0) is 23.8. The predicted molar refractivity (Wildman–Crippen MR) is 132 cm³/mol. The van der Waals surface area contributed by atoms with Crippen LogP contribution in [0.4, 0.5) is 5.69 Å². The number of anilines is 1. The summed E-state index contributed by atoms with van der Waals surface area (Å²) in [6.07, 6.45) is 4.25. The Labute approximate surface area is 199 Å². The lowest BCUT2D eigenvalue weighted by Gasteiger charge is -2.27. The minimum Gasteiger partial charge on any atom is -0.507 e. The number of carbonyl (C=O) groups is 2. The molecule has 3 aromatic carbocycles. The zero-order valence-corrected chi connectivity index (χ0v) is 19.4. The van der Waals surface area contributed by atoms with Gasteiger partial charge in [0.25, 0.3) is 11.7 Å². The molecule has 5 rings (SSSR count). The summed E-state index contributed by atoms with van der Waals surface area (Å²) in [5, 5.41) is 11.5. The quantitative estimate of drug-likeness (QED) is 0.321. The number of carbonyl (C=O) groups excluding carboxylic acids is 2. The van der Waals surface area contributed by atoms with Crippen molar-refractivity contribution in [2.75, 3.05) is 12.0 Å². The van der Waals surface area contributed by atoms with Crippen LogP contribution in [0.2, 0.25) is 0 Å². The molecule has 172 valence electrons. The van der Waals surface area contributed by atoms with Gasteiger partial charge in [-0.15, -0.1) is 0 Å². The van der Waals surface area contributed by atoms with Gasteiger partial charge in [-0.25, -0.2) is 0 Å². The Balaban J connectivity index is 1.72. The number of fused-ring (bicyclic) bond motifs is 1. The van der Waals surface area contributed by atoms with Crippen LogP contribution in [0, 0.1) is 6.92 Å². The number of ether oxygens (including phenoxy) is 1. The van der Waals surface area contributed by atoms with Crippen LogP contribution in [0.1, 0.15) is 46.7 Å². The number of ketones is 1. The monoisotopic (exact) mass is 453 g/mol. The lowest BCUT2D eigenvalue weighted by molar-refractivity contribution is -0.132. The molecule has 0 radical (unpaired) electrons. The number of nitrogens with zero attached hydrogens (tertiary/aromatic N) is 1. The summed E-state index contributed by atoms with van der Waals surface area (Å²) in [7, 11) is 1.53.